The van der Waals surface area contributed by atoms with Crippen LogP contribution in [0, 0.1) is 5.82 Å². The Morgan fingerprint density at radius 2 is 2.12 bits per heavy atom. The molecule has 0 spiro atoms. The number of halogens is 2. The van der Waals surface area contributed by atoms with Gasteiger partial charge in [0.2, 0.25) is 0 Å². The third kappa shape index (κ3) is 3.95. The molecule has 17 heavy (non-hydrogen) atoms. The van der Waals surface area contributed by atoms with Crippen LogP contribution in [0.1, 0.15) is 26.3 Å². The van der Waals surface area contributed by atoms with Gasteiger partial charge in [-0.3, -0.25) is 0 Å². The number of ether oxygens (including phenoxy) is 1. The van der Waals surface area contributed by atoms with Gasteiger partial charge in [-0.15, -0.1) is 0 Å². The predicted molar refractivity (Wildman–Crippen MR) is 68.8 cm³/mol. The zero-order chi connectivity index (χ0) is 13.1. The van der Waals surface area contributed by atoms with Crippen LogP contribution in [0.5, 0.6) is 0 Å². The second kappa shape index (κ2) is 5.80. The van der Waals surface area contributed by atoms with Gasteiger partial charge in [-0.05, 0) is 44.9 Å². The molecule has 0 aliphatic rings. The van der Waals surface area contributed by atoms with E-state index in [1.165, 1.54) is 6.07 Å². The summed E-state index contributed by atoms with van der Waals surface area (Å²) in [5.74, 6) is -0.319. The Morgan fingerprint density at radius 3 is 2.65 bits per heavy atom. The minimum Gasteiger partial charge on any atom is -0.374 e. The van der Waals surface area contributed by atoms with Crippen LogP contribution in [0.15, 0.2) is 18.2 Å². The average Bonchev–Trinajstić information content (AvgIpc) is 2.22. The smallest absolute Gasteiger partial charge is 0.127 e. The maximum absolute atomic E-state index is 13.6. The lowest BCUT2D eigenvalue weighted by Gasteiger charge is -2.31. The highest BCUT2D eigenvalue weighted by atomic mass is 35.5. The molecule has 2 N–H and O–H groups in total. The molecule has 0 saturated heterocycles. The zero-order valence-corrected chi connectivity index (χ0v) is 11.2. The molecule has 1 unspecified atom stereocenters. The van der Waals surface area contributed by atoms with E-state index in [2.05, 4.69) is 0 Å². The summed E-state index contributed by atoms with van der Waals surface area (Å²) in [4.78, 5) is 0. The maximum atomic E-state index is 13.6. The first kappa shape index (κ1) is 14.4. The molecule has 2 nitrogen and oxygen atoms in total. The van der Waals surface area contributed by atoms with Crippen molar-refractivity contribution in [2.75, 3.05) is 6.61 Å². The Morgan fingerprint density at radius 1 is 1.47 bits per heavy atom. The van der Waals surface area contributed by atoms with Gasteiger partial charge in [0, 0.05) is 17.7 Å². The lowest BCUT2D eigenvalue weighted by molar-refractivity contribution is -0.0289. The minimum atomic E-state index is -0.471. The molecule has 0 aromatic heterocycles. The fourth-order valence-electron chi connectivity index (χ4n) is 1.65. The summed E-state index contributed by atoms with van der Waals surface area (Å²) in [5.41, 5.74) is 6.14. The van der Waals surface area contributed by atoms with Gasteiger partial charge in [0.1, 0.15) is 5.82 Å². The molecule has 0 amide bonds. The van der Waals surface area contributed by atoms with Crippen molar-refractivity contribution in [2.24, 2.45) is 5.73 Å². The molecule has 1 atom stereocenters. The zero-order valence-electron chi connectivity index (χ0n) is 10.5. The molecule has 4 heteroatoms. The van der Waals surface area contributed by atoms with Gasteiger partial charge in [0.25, 0.3) is 0 Å². The second-order valence-corrected chi connectivity index (χ2v) is 5.02. The monoisotopic (exact) mass is 259 g/mol. The first-order valence-electron chi connectivity index (χ1n) is 5.70. The maximum Gasteiger partial charge on any atom is 0.127 e. The summed E-state index contributed by atoms with van der Waals surface area (Å²) in [7, 11) is 0. The van der Waals surface area contributed by atoms with Crippen molar-refractivity contribution in [3.05, 3.63) is 34.6 Å². The van der Waals surface area contributed by atoms with Gasteiger partial charge in [0.05, 0.1) is 5.60 Å². The molecule has 0 saturated carbocycles. The van der Waals surface area contributed by atoms with Gasteiger partial charge >= 0.3 is 0 Å². The van der Waals surface area contributed by atoms with Crippen LogP contribution in [0.2, 0.25) is 5.02 Å². The van der Waals surface area contributed by atoms with Gasteiger partial charge in [-0.1, -0.05) is 17.7 Å². The third-order valence-electron chi connectivity index (χ3n) is 2.86. The van der Waals surface area contributed by atoms with Gasteiger partial charge < -0.3 is 10.5 Å². The first-order valence-corrected chi connectivity index (χ1v) is 6.08. The summed E-state index contributed by atoms with van der Waals surface area (Å²) in [5, 5.41) is 0.392. The molecule has 0 bridgehead atoms. The van der Waals surface area contributed by atoms with E-state index in [4.69, 9.17) is 22.1 Å². The normalized spacial score (nSPS) is 13.8. The molecule has 0 fully saturated rings. The summed E-state index contributed by atoms with van der Waals surface area (Å²) >= 11 is 5.70. The fourth-order valence-corrected chi connectivity index (χ4v) is 1.81. The number of hydrogen-bond acceptors (Lipinski definition) is 2. The fraction of sp³-hybridized carbons (Fsp3) is 0.538. The van der Waals surface area contributed by atoms with Crippen molar-refractivity contribution >= 4 is 11.6 Å². The number of hydrogen-bond donors (Lipinski definition) is 1. The standard InChI is InChI=1S/C13H19ClFNO/c1-4-17-13(2,3)12(16)7-9-5-6-10(14)8-11(9)15/h5-6,8,12H,4,7,16H2,1-3H3. The van der Waals surface area contributed by atoms with Crippen molar-refractivity contribution in [1.29, 1.82) is 0 Å². The van der Waals surface area contributed by atoms with E-state index in [0.29, 0.717) is 23.6 Å². The highest BCUT2D eigenvalue weighted by molar-refractivity contribution is 6.30. The first-order chi connectivity index (χ1) is 7.86. The van der Waals surface area contributed by atoms with Gasteiger partial charge in [-0.2, -0.15) is 0 Å². The summed E-state index contributed by atoms with van der Waals surface area (Å²) < 4.78 is 19.2. The van der Waals surface area contributed by atoms with Crippen molar-refractivity contribution < 1.29 is 9.13 Å². The van der Waals surface area contributed by atoms with Crippen molar-refractivity contribution in [2.45, 2.75) is 38.8 Å². The Balaban J connectivity index is 2.77. The predicted octanol–water partition coefficient (Wildman–Crippen LogP) is 3.16. The molecule has 0 aliphatic heterocycles. The van der Waals surface area contributed by atoms with E-state index >= 15 is 0 Å². The number of nitrogens with two attached hydrogens (primary N) is 1. The highest BCUT2D eigenvalue weighted by Crippen LogP contribution is 2.20. The molecule has 0 aliphatic carbocycles. The van der Waals surface area contributed by atoms with Crippen LogP contribution < -0.4 is 5.73 Å². The van der Waals surface area contributed by atoms with Crippen molar-refractivity contribution in [1.82, 2.24) is 0 Å². The van der Waals surface area contributed by atoms with Gasteiger partial charge in [0.15, 0.2) is 0 Å². The van der Waals surface area contributed by atoms with Crippen molar-refractivity contribution in [3.8, 4) is 0 Å². The lowest BCUT2D eigenvalue weighted by Crippen LogP contribution is -2.46. The molecule has 1 aromatic carbocycles. The van der Waals surface area contributed by atoms with E-state index < -0.39 is 5.60 Å². The van der Waals surface area contributed by atoms with E-state index in [0.717, 1.165) is 0 Å². The second-order valence-electron chi connectivity index (χ2n) is 4.58. The Hall–Kier alpha value is -0.640. The third-order valence-corrected chi connectivity index (χ3v) is 3.10. The van der Waals surface area contributed by atoms with E-state index in [9.17, 15) is 4.39 Å². The number of benzene rings is 1. The lowest BCUT2D eigenvalue weighted by atomic mass is 9.93. The Labute approximate surface area is 107 Å². The average molecular weight is 260 g/mol. The van der Waals surface area contributed by atoms with Gasteiger partial charge in [-0.25, -0.2) is 4.39 Å². The molecule has 96 valence electrons. The van der Waals surface area contributed by atoms with Crippen LogP contribution in [0.4, 0.5) is 4.39 Å². The Kier molecular flexibility index (Phi) is 4.92. The molecular formula is C13H19ClFNO. The quantitative estimate of drug-likeness (QED) is 0.882. The van der Waals surface area contributed by atoms with Crippen molar-refractivity contribution in [3.63, 3.8) is 0 Å². The van der Waals surface area contributed by atoms with E-state index in [-0.39, 0.29) is 11.9 Å². The topological polar surface area (TPSA) is 35.2 Å². The molecular weight excluding hydrogens is 241 g/mol. The van der Waals surface area contributed by atoms with Crippen LogP contribution >= 0.6 is 11.6 Å². The summed E-state index contributed by atoms with van der Waals surface area (Å²) in [6.45, 7) is 6.32. The molecule has 0 radical (unpaired) electrons. The summed E-state index contributed by atoms with van der Waals surface area (Å²) in [6, 6.07) is 4.37. The molecule has 1 aromatic rings. The van der Waals surface area contributed by atoms with Crippen LogP contribution in [-0.4, -0.2) is 18.2 Å². The highest BCUT2D eigenvalue weighted by Gasteiger charge is 2.27. The number of rotatable bonds is 5. The van der Waals surface area contributed by atoms with Crippen LogP contribution in [0.3, 0.4) is 0 Å². The van der Waals surface area contributed by atoms with Crippen LogP contribution in [-0.2, 0) is 11.2 Å². The van der Waals surface area contributed by atoms with E-state index in [1.54, 1.807) is 12.1 Å². The molecule has 1 rings (SSSR count). The Bertz CT molecular complexity index is 382. The largest absolute Gasteiger partial charge is 0.374 e. The summed E-state index contributed by atoms with van der Waals surface area (Å²) in [6.07, 6.45) is 0.427. The SMILES string of the molecule is CCOC(C)(C)C(N)Cc1ccc(Cl)cc1F. The van der Waals surface area contributed by atoms with E-state index in [1.807, 2.05) is 20.8 Å². The minimum absolute atomic E-state index is 0.266. The van der Waals surface area contributed by atoms with Crippen LogP contribution in [0.25, 0.3) is 0 Å². The molecule has 0 heterocycles.